The lowest BCUT2D eigenvalue weighted by Gasteiger charge is -2.44. The average molecular weight is 258 g/mol. The summed E-state index contributed by atoms with van der Waals surface area (Å²) in [5, 5.41) is 0. The highest BCUT2D eigenvalue weighted by atomic mass is 15.3. The van der Waals surface area contributed by atoms with E-state index in [1.54, 1.807) is 12.7 Å². The number of nitrogens with zero attached hydrogens (tertiary/aromatic N) is 5. The van der Waals surface area contributed by atoms with E-state index in [0.29, 0.717) is 6.04 Å². The molecule has 1 unspecified atom stereocenters. The van der Waals surface area contributed by atoms with Crippen molar-refractivity contribution >= 4 is 17.0 Å². The van der Waals surface area contributed by atoms with Crippen LogP contribution in [0, 0.1) is 0 Å². The number of hydrogen-bond donors (Lipinski definition) is 1. The number of aromatic amines is 1. The van der Waals surface area contributed by atoms with Crippen LogP contribution >= 0.6 is 0 Å². The molecule has 2 aromatic rings. The third-order valence-corrected chi connectivity index (χ3v) is 4.34. The quantitative estimate of drug-likeness (QED) is 0.827. The molecule has 4 rings (SSSR count). The molecular formula is C13H18N6. The van der Waals surface area contributed by atoms with E-state index in [0.717, 1.165) is 36.6 Å². The second kappa shape index (κ2) is 4.45. The van der Waals surface area contributed by atoms with Crippen molar-refractivity contribution in [1.82, 2.24) is 24.8 Å². The maximum absolute atomic E-state index is 4.47. The molecule has 1 atom stereocenters. The molecule has 0 amide bonds. The van der Waals surface area contributed by atoms with Crippen LogP contribution in [0.25, 0.3) is 11.2 Å². The third-order valence-electron chi connectivity index (χ3n) is 4.34. The first-order chi connectivity index (χ1) is 9.42. The predicted molar refractivity (Wildman–Crippen MR) is 73.1 cm³/mol. The summed E-state index contributed by atoms with van der Waals surface area (Å²) in [7, 11) is 0. The van der Waals surface area contributed by atoms with Crippen LogP contribution in [0.2, 0.25) is 0 Å². The normalized spacial score (nSPS) is 24.6. The molecule has 19 heavy (non-hydrogen) atoms. The van der Waals surface area contributed by atoms with Crippen molar-refractivity contribution < 1.29 is 0 Å². The molecule has 6 heteroatoms. The van der Waals surface area contributed by atoms with E-state index in [2.05, 4.69) is 29.7 Å². The fraction of sp³-hybridized carbons (Fsp3) is 0.615. The Morgan fingerprint density at radius 2 is 2.11 bits per heavy atom. The summed E-state index contributed by atoms with van der Waals surface area (Å²) in [6, 6.07) is 0.690. The molecule has 4 heterocycles. The molecule has 2 aliphatic rings. The van der Waals surface area contributed by atoms with Crippen molar-refractivity contribution in [1.29, 1.82) is 0 Å². The number of nitrogens with one attached hydrogen (secondary N) is 1. The number of piperidine rings is 1. The number of hydrogen-bond acceptors (Lipinski definition) is 5. The molecule has 1 N–H and O–H groups in total. The van der Waals surface area contributed by atoms with Gasteiger partial charge in [-0.15, -0.1) is 0 Å². The van der Waals surface area contributed by atoms with Gasteiger partial charge in [0.15, 0.2) is 11.5 Å². The summed E-state index contributed by atoms with van der Waals surface area (Å²) in [6.45, 7) is 4.53. The van der Waals surface area contributed by atoms with E-state index in [1.165, 1.54) is 25.8 Å². The molecule has 0 aromatic carbocycles. The number of rotatable bonds is 1. The standard InChI is InChI=1S/C13H18N6/c1-2-4-18-5-6-19(7-10(18)3-1)13-11-12(15-8-14-11)16-9-17-13/h8-10H,1-7H2,(H,14,15,16,17). The third kappa shape index (κ3) is 1.87. The number of anilines is 1. The molecule has 0 aliphatic carbocycles. The minimum atomic E-state index is 0.690. The van der Waals surface area contributed by atoms with Gasteiger partial charge in [0.25, 0.3) is 0 Å². The predicted octanol–water partition coefficient (Wildman–Crippen LogP) is 1.03. The summed E-state index contributed by atoms with van der Waals surface area (Å²) < 4.78 is 0. The Bertz CT molecular complexity index is 579. The SMILES string of the molecule is c1nc(N2CCN3CCCCC3C2)c2[nH]cnc2n1. The highest BCUT2D eigenvalue weighted by molar-refractivity contribution is 5.82. The number of imidazole rings is 1. The van der Waals surface area contributed by atoms with Gasteiger partial charge in [-0.1, -0.05) is 6.42 Å². The van der Waals surface area contributed by atoms with Gasteiger partial charge in [-0.25, -0.2) is 15.0 Å². The monoisotopic (exact) mass is 258 g/mol. The minimum Gasteiger partial charge on any atom is -0.352 e. The van der Waals surface area contributed by atoms with Gasteiger partial charge in [0.05, 0.1) is 6.33 Å². The molecule has 0 spiro atoms. The molecule has 2 saturated heterocycles. The van der Waals surface area contributed by atoms with E-state index in [9.17, 15) is 0 Å². The first kappa shape index (κ1) is 11.2. The van der Waals surface area contributed by atoms with Gasteiger partial charge in [0.1, 0.15) is 11.8 Å². The highest BCUT2D eigenvalue weighted by Crippen LogP contribution is 2.26. The van der Waals surface area contributed by atoms with Crippen LogP contribution in [0.4, 0.5) is 5.82 Å². The van der Waals surface area contributed by atoms with E-state index in [4.69, 9.17) is 0 Å². The number of aromatic nitrogens is 4. The number of piperazine rings is 1. The first-order valence-corrected chi connectivity index (χ1v) is 7.05. The molecule has 6 nitrogen and oxygen atoms in total. The van der Waals surface area contributed by atoms with E-state index >= 15 is 0 Å². The lowest BCUT2D eigenvalue weighted by Crippen LogP contribution is -2.55. The van der Waals surface area contributed by atoms with Crippen LogP contribution in [0.3, 0.4) is 0 Å². The van der Waals surface area contributed by atoms with Crippen molar-refractivity contribution in [3.63, 3.8) is 0 Å². The fourth-order valence-electron chi connectivity index (χ4n) is 3.34. The molecule has 0 radical (unpaired) electrons. The maximum Gasteiger partial charge on any atom is 0.182 e. The fourth-order valence-corrected chi connectivity index (χ4v) is 3.34. The van der Waals surface area contributed by atoms with E-state index in [-0.39, 0.29) is 0 Å². The van der Waals surface area contributed by atoms with Gasteiger partial charge in [0, 0.05) is 25.7 Å². The second-order valence-electron chi connectivity index (χ2n) is 5.43. The van der Waals surface area contributed by atoms with Gasteiger partial charge in [-0.05, 0) is 19.4 Å². The Morgan fingerprint density at radius 3 is 3.11 bits per heavy atom. The number of fused-ring (bicyclic) bond motifs is 2. The van der Waals surface area contributed by atoms with Gasteiger partial charge < -0.3 is 9.88 Å². The lowest BCUT2D eigenvalue weighted by atomic mass is 9.99. The molecule has 100 valence electrons. The minimum absolute atomic E-state index is 0.690. The summed E-state index contributed by atoms with van der Waals surface area (Å²) >= 11 is 0. The Labute approximate surface area is 111 Å². The molecule has 0 bridgehead atoms. The summed E-state index contributed by atoms with van der Waals surface area (Å²) in [5.74, 6) is 1.01. The van der Waals surface area contributed by atoms with E-state index in [1.807, 2.05) is 0 Å². The van der Waals surface area contributed by atoms with Crippen LogP contribution in [0.5, 0.6) is 0 Å². The summed E-state index contributed by atoms with van der Waals surface area (Å²) in [5.41, 5.74) is 1.72. The largest absolute Gasteiger partial charge is 0.352 e. The van der Waals surface area contributed by atoms with Crippen LogP contribution in [0.1, 0.15) is 19.3 Å². The molecule has 2 aliphatic heterocycles. The van der Waals surface area contributed by atoms with Crippen LogP contribution in [-0.4, -0.2) is 57.1 Å². The van der Waals surface area contributed by atoms with Crippen molar-refractivity contribution in [2.75, 3.05) is 31.1 Å². The maximum atomic E-state index is 4.47. The molecule has 0 saturated carbocycles. The zero-order valence-corrected chi connectivity index (χ0v) is 10.9. The first-order valence-electron chi connectivity index (χ1n) is 7.05. The van der Waals surface area contributed by atoms with Gasteiger partial charge in [-0.2, -0.15) is 0 Å². The Hall–Kier alpha value is -1.69. The Morgan fingerprint density at radius 1 is 1.11 bits per heavy atom. The van der Waals surface area contributed by atoms with Crippen molar-refractivity contribution in [2.45, 2.75) is 25.3 Å². The number of H-pyrrole nitrogens is 1. The zero-order chi connectivity index (χ0) is 12.7. The molecule has 2 fully saturated rings. The zero-order valence-electron chi connectivity index (χ0n) is 10.9. The van der Waals surface area contributed by atoms with Crippen LogP contribution in [-0.2, 0) is 0 Å². The lowest BCUT2D eigenvalue weighted by molar-refractivity contribution is 0.133. The van der Waals surface area contributed by atoms with Gasteiger partial charge in [-0.3, -0.25) is 4.90 Å². The van der Waals surface area contributed by atoms with E-state index < -0.39 is 0 Å². The molecular weight excluding hydrogens is 240 g/mol. The topological polar surface area (TPSA) is 60.9 Å². The second-order valence-corrected chi connectivity index (χ2v) is 5.43. The van der Waals surface area contributed by atoms with Crippen LogP contribution < -0.4 is 4.90 Å². The van der Waals surface area contributed by atoms with Crippen LogP contribution in [0.15, 0.2) is 12.7 Å². The van der Waals surface area contributed by atoms with Gasteiger partial charge >= 0.3 is 0 Å². The van der Waals surface area contributed by atoms with Crippen molar-refractivity contribution in [2.24, 2.45) is 0 Å². The Balaban J connectivity index is 1.64. The van der Waals surface area contributed by atoms with Gasteiger partial charge in [0.2, 0.25) is 0 Å². The van der Waals surface area contributed by atoms with Crippen molar-refractivity contribution in [3.05, 3.63) is 12.7 Å². The highest BCUT2D eigenvalue weighted by Gasteiger charge is 2.30. The summed E-state index contributed by atoms with van der Waals surface area (Å²) in [6.07, 6.45) is 7.34. The summed E-state index contributed by atoms with van der Waals surface area (Å²) in [4.78, 5) is 21.0. The Kier molecular flexibility index (Phi) is 2.61. The van der Waals surface area contributed by atoms with Crippen molar-refractivity contribution in [3.8, 4) is 0 Å². The smallest absolute Gasteiger partial charge is 0.182 e. The average Bonchev–Trinajstić information content (AvgIpc) is 2.95. The molecule has 2 aromatic heterocycles.